The van der Waals surface area contributed by atoms with Crippen molar-refractivity contribution in [3.63, 3.8) is 0 Å². The summed E-state index contributed by atoms with van der Waals surface area (Å²) in [6.45, 7) is 2.57. The third-order valence-electron chi connectivity index (χ3n) is 2.80. The second kappa shape index (κ2) is 7.66. The van der Waals surface area contributed by atoms with Crippen LogP contribution in [0.4, 0.5) is 5.69 Å². The molecule has 0 atom stereocenters. The molecule has 0 fully saturated rings. The van der Waals surface area contributed by atoms with Gasteiger partial charge in [0.05, 0.1) is 23.7 Å². The molecule has 0 aromatic heterocycles. The van der Waals surface area contributed by atoms with Crippen LogP contribution in [0.1, 0.15) is 12.5 Å². The van der Waals surface area contributed by atoms with E-state index in [0.29, 0.717) is 23.7 Å². The number of carbonyl (C=O) groups excluding carboxylic acids is 1. The highest BCUT2D eigenvalue weighted by molar-refractivity contribution is 14.1. The van der Waals surface area contributed by atoms with E-state index >= 15 is 0 Å². The number of halogens is 2. The van der Waals surface area contributed by atoms with E-state index in [9.17, 15) is 4.79 Å². The summed E-state index contributed by atoms with van der Waals surface area (Å²) in [6, 6.07) is 13.0. The molecule has 0 saturated carbocycles. The van der Waals surface area contributed by atoms with Crippen LogP contribution in [0.5, 0.6) is 5.75 Å². The summed E-state index contributed by atoms with van der Waals surface area (Å²) in [5.74, 6) is 0.713. The Balaban J connectivity index is 1.98. The van der Waals surface area contributed by atoms with E-state index in [-0.39, 0.29) is 5.91 Å². The Kier molecular flexibility index (Phi) is 5.87. The van der Waals surface area contributed by atoms with Gasteiger partial charge in [-0.2, -0.15) is 0 Å². The van der Waals surface area contributed by atoms with Crippen LogP contribution in [0.3, 0.4) is 0 Å². The van der Waals surface area contributed by atoms with Crippen LogP contribution >= 0.6 is 34.2 Å². The van der Waals surface area contributed by atoms with Gasteiger partial charge in [0, 0.05) is 3.57 Å². The van der Waals surface area contributed by atoms with Crippen molar-refractivity contribution in [3.05, 3.63) is 56.6 Å². The summed E-state index contributed by atoms with van der Waals surface area (Å²) in [5.41, 5.74) is 1.56. The Morgan fingerprint density at radius 3 is 2.57 bits per heavy atom. The number of amides is 1. The molecular formula is C16H15ClINO2. The molecule has 0 aliphatic carbocycles. The molecule has 1 N–H and O–H groups in total. The summed E-state index contributed by atoms with van der Waals surface area (Å²) in [4.78, 5) is 12.0. The normalized spacial score (nSPS) is 10.2. The molecule has 0 saturated heterocycles. The van der Waals surface area contributed by atoms with Gasteiger partial charge in [0.15, 0.2) is 0 Å². The maximum Gasteiger partial charge on any atom is 0.228 e. The first-order valence-electron chi connectivity index (χ1n) is 6.55. The summed E-state index contributed by atoms with van der Waals surface area (Å²) < 4.78 is 6.40. The smallest absolute Gasteiger partial charge is 0.228 e. The molecule has 0 radical (unpaired) electrons. The van der Waals surface area contributed by atoms with Crippen LogP contribution in [0.2, 0.25) is 5.02 Å². The zero-order chi connectivity index (χ0) is 15.2. The molecule has 1 amide bonds. The van der Waals surface area contributed by atoms with Crippen LogP contribution < -0.4 is 10.1 Å². The molecular weight excluding hydrogens is 401 g/mol. The second-order valence-electron chi connectivity index (χ2n) is 4.43. The van der Waals surface area contributed by atoms with Crippen LogP contribution in [0, 0.1) is 3.57 Å². The lowest BCUT2D eigenvalue weighted by Crippen LogP contribution is -2.14. The predicted octanol–water partition coefficient (Wildman–Crippen LogP) is 4.52. The monoisotopic (exact) mass is 415 g/mol. The molecule has 0 spiro atoms. The molecule has 0 aliphatic heterocycles. The molecule has 21 heavy (non-hydrogen) atoms. The number of rotatable bonds is 5. The predicted molar refractivity (Wildman–Crippen MR) is 94.1 cm³/mol. The number of anilines is 1. The molecule has 110 valence electrons. The van der Waals surface area contributed by atoms with E-state index in [2.05, 4.69) is 27.9 Å². The van der Waals surface area contributed by atoms with Gasteiger partial charge >= 0.3 is 0 Å². The third-order valence-corrected chi connectivity index (χ3v) is 3.79. The Bertz CT molecular complexity index is 629. The Hall–Kier alpha value is -1.27. The lowest BCUT2D eigenvalue weighted by atomic mass is 10.1. The minimum atomic E-state index is -0.0951. The van der Waals surface area contributed by atoms with Crippen molar-refractivity contribution >= 4 is 45.8 Å². The highest BCUT2D eigenvalue weighted by Gasteiger charge is 2.07. The number of ether oxygens (including phenoxy) is 1. The van der Waals surface area contributed by atoms with E-state index in [4.69, 9.17) is 16.3 Å². The van der Waals surface area contributed by atoms with Gasteiger partial charge in [-0.15, -0.1) is 0 Å². The van der Waals surface area contributed by atoms with Crippen molar-refractivity contribution < 1.29 is 9.53 Å². The third kappa shape index (κ3) is 4.89. The Labute approximate surface area is 142 Å². The van der Waals surface area contributed by atoms with Gasteiger partial charge in [-0.25, -0.2) is 0 Å². The molecule has 2 aromatic carbocycles. The van der Waals surface area contributed by atoms with E-state index in [0.717, 1.165) is 14.9 Å². The zero-order valence-electron chi connectivity index (χ0n) is 11.5. The van der Waals surface area contributed by atoms with Crippen LogP contribution in [-0.2, 0) is 11.2 Å². The van der Waals surface area contributed by atoms with Crippen LogP contribution in [0.15, 0.2) is 42.5 Å². The first-order chi connectivity index (χ1) is 10.1. The van der Waals surface area contributed by atoms with Gasteiger partial charge < -0.3 is 10.1 Å². The highest BCUT2D eigenvalue weighted by Crippen LogP contribution is 2.24. The molecule has 5 heteroatoms. The fraction of sp³-hybridized carbons (Fsp3) is 0.188. The SMILES string of the molecule is CCOc1ccc(CC(=O)Nc2ccc(I)cc2Cl)cc1. The molecule has 0 heterocycles. The number of carbonyl (C=O) groups is 1. The van der Waals surface area contributed by atoms with E-state index in [1.807, 2.05) is 43.3 Å². The fourth-order valence-corrected chi connectivity index (χ4v) is 2.74. The largest absolute Gasteiger partial charge is 0.494 e. The number of nitrogens with one attached hydrogen (secondary N) is 1. The molecule has 0 bridgehead atoms. The van der Waals surface area contributed by atoms with Gasteiger partial charge in [-0.05, 0) is 65.4 Å². The number of hydrogen-bond acceptors (Lipinski definition) is 2. The molecule has 0 aliphatic rings. The van der Waals surface area contributed by atoms with E-state index < -0.39 is 0 Å². The summed E-state index contributed by atoms with van der Waals surface area (Å²) in [7, 11) is 0. The minimum Gasteiger partial charge on any atom is -0.494 e. The lowest BCUT2D eigenvalue weighted by molar-refractivity contribution is -0.115. The highest BCUT2D eigenvalue weighted by atomic mass is 127. The molecule has 0 unspecified atom stereocenters. The summed E-state index contributed by atoms with van der Waals surface area (Å²) in [5, 5.41) is 3.36. The standard InChI is InChI=1S/C16H15ClINO2/c1-2-21-13-6-3-11(4-7-13)9-16(20)19-15-8-5-12(18)10-14(15)17/h3-8,10H,2,9H2,1H3,(H,19,20). The molecule has 2 rings (SSSR count). The van der Waals surface area contributed by atoms with Gasteiger partial charge in [-0.3, -0.25) is 4.79 Å². The minimum absolute atomic E-state index is 0.0951. The first kappa shape index (κ1) is 16.1. The van der Waals surface area contributed by atoms with Crippen molar-refractivity contribution in [2.75, 3.05) is 11.9 Å². The van der Waals surface area contributed by atoms with Crippen LogP contribution in [-0.4, -0.2) is 12.5 Å². The maximum atomic E-state index is 12.0. The quantitative estimate of drug-likeness (QED) is 0.729. The van der Waals surface area contributed by atoms with Crippen molar-refractivity contribution in [2.24, 2.45) is 0 Å². The van der Waals surface area contributed by atoms with Crippen molar-refractivity contribution in [2.45, 2.75) is 13.3 Å². The van der Waals surface area contributed by atoms with E-state index in [1.54, 1.807) is 6.07 Å². The topological polar surface area (TPSA) is 38.3 Å². The van der Waals surface area contributed by atoms with Gasteiger partial charge in [0.1, 0.15) is 5.75 Å². The van der Waals surface area contributed by atoms with E-state index in [1.165, 1.54) is 0 Å². The lowest BCUT2D eigenvalue weighted by Gasteiger charge is -2.08. The first-order valence-corrected chi connectivity index (χ1v) is 8.01. The molecule has 2 aromatic rings. The van der Waals surface area contributed by atoms with Crippen molar-refractivity contribution in [1.82, 2.24) is 0 Å². The Morgan fingerprint density at radius 2 is 1.95 bits per heavy atom. The van der Waals surface area contributed by atoms with Gasteiger partial charge in [-0.1, -0.05) is 23.7 Å². The number of hydrogen-bond donors (Lipinski definition) is 1. The van der Waals surface area contributed by atoms with Crippen molar-refractivity contribution in [1.29, 1.82) is 0 Å². The summed E-state index contributed by atoms with van der Waals surface area (Å²) in [6.07, 6.45) is 0.300. The Morgan fingerprint density at radius 1 is 1.24 bits per heavy atom. The molecule has 3 nitrogen and oxygen atoms in total. The summed E-state index contributed by atoms with van der Waals surface area (Å²) >= 11 is 8.27. The number of benzene rings is 2. The maximum absolute atomic E-state index is 12.0. The fourth-order valence-electron chi connectivity index (χ4n) is 1.84. The second-order valence-corrected chi connectivity index (χ2v) is 6.08. The van der Waals surface area contributed by atoms with Gasteiger partial charge in [0.25, 0.3) is 0 Å². The van der Waals surface area contributed by atoms with Crippen molar-refractivity contribution in [3.8, 4) is 5.75 Å². The average Bonchev–Trinajstić information content (AvgIpc) is 2.44. The van der Waals surface area contributed by atoms with Crippen LogP contribution in [0.25, 0.3) is 0 Å². The average molecular weight is 416 g/mol. The zero-order valence-corrected chi connectivity index (χ0v) is 14.4. The van der Waals surface area contributed by atoms with Gasteiger partial charge in [0.2, 0.25) is 5.91 Å².